The molecule has 4 nitrogen and oxygen atoms in total. The molecule has 0 radical (unpaired) electrons. The summed E-state index contributed by atoms with van der Waals surface area (Å²) in [4.78, 5) is 10.2. The second-order valence-electron chi connectivity index (χ2n) is 2.27. The number of hydrogen-bond acceptors (Lipinski definition) is 3. The molecule has 1 heterocycles. The fourth-order valence-corrected chi connectivity index (χ4v) is 0.583. The van der Waals surface area contributed by atoms with Gasteiger partial charge in [-0.1, -0.05) is 5.16 Å². The first-order chi connectivity index (χ1) is 5.41. The topological polar surface area (TPSA) is 63.3 Å². The van der Waals surface area contributed by atoms with Gasteiger partial charge in [0, 0.05) is 13.0 Å². The summed E-state index contributed by atoms with van der Waals surface area (Å²) in [5, 5.41) is 11.2. The predicted molar refractivity (Wildman–Crippen MR) is 33.0 cm³/mol. The molecule has 0 aliphatic rings. The van der Waals surface area contributed by atoms with Crippen molar-refractivity contribution in [2.24, 2.45) is 0 Å². The van der Waals surface area contributed by atoms with Gasteiger partial charge in [-0.25, -0.2) is 4.79 Å². The summed E-state index contributed by atoms with van der Waals surface area (Å²) in [6.07, 6.45) is 0. The lowest BCUT2D eigenvalue weighted by molar-refractivity contribution is -0.0106. The lowest BCUT2D eigenvalue weighted by atomic mass is 10.2. The molecule has 1 N–H and O–H groups in total. The highest BCUT2D eigenvalue weighted by molar-refractivity contribution is 5.85. The van der Waals surface area contributed by atoms with E-state index in [-0.39, 0.29) is 0 Å². The minimum Gasteiger partial charge on any atom is -0.476 e. The summed E-state index contributed by atoms with van der Waals surface area (Å²) >= 11 is 0. The number of carboxylic acids is 1. The Bertz CT molecular complexity index is 302. The average Bonchev–Trinajstić information content (AvgIpc) is 2.30. The van der Waals surface area contributed by atoms with Crippen LogP contribution < -0.4 is 0 Å². The highest BCUT2D eigenvalue weighted by Crippen LogP contribution is 2.26. The van der Waals surface area contributed by atoms with Gasteiger partial charge in [0.25, 0.3) is 0 Å². The number of carbonyl (C=O) groups is 1. The number of aromatic nitrogens is 1. The van der Waals surface area contributed by atoms with Gasteiger partial charge < -0.3 is 9.63 Å². The molecule has 0 fully saturated rings. The number of hydrogen-bond donors (Lipinski definition) is 1. The largest absolute Gasteiger partial charge is 0.476 e. The van der Waals surface area contributed by atoms with E-state index in [1.807, 2.05) is 0 Å². The molecule has 1 aromatic rings. The summed E-state index contributed by atoms with van der Waals surface area (Å²) in [6, 6.07) is 0.697. The van der Waals surface area contributed by atoms with Gasteiger partial charge in [-0.05, 0) is 0 Å². The van der Waals surface area contributed by atoms with Gasteiger partial charge in [-0.3, -0.25) is 0 Å². The number of alkyl halides is 2. The van der Waals surface area contributed by atoms with Gasteiger partial charge in [0.2, 0.25) is 5.76 Å². The van der Waals surface area contributed by atoms with Crippen molar-refractivity contribution in [1.82, 2.24) is 5.16 Å². The molecular weight excluding hydrogens is 172 g/mol. The van der Waals surface area contributed by atoms with E-state index in [9.17, 15) is 13.6 Å². The number of rotatable bonds is 2. The van der Waals surface area contributed by atoms with Crippen LogP contribution in [0.5, 0.6) is 0 Å². The van der Waals surface area contributed by atoms with Crippen LogP contribution in [-0.2, 0) is 5.92 Å². The highest BCUT2D eigenvalue weighted by Gasteiger charge is 2.30. The Balaban J connectivity index is 3.00. The minimum absolute atomic E-state index is 0.522. The lowest BCUT2D eigenvalue weighted by Crippen LogP contribution is -2.04. The molecule has 0 aromatic carbocycles. The third-order valence-electron chi connectivity index (χ3n) is 1.16. The van der Waals surface area contributed by atoms with Crippen LogP contribution in [0.2, 0.25) is 0 Å². The molecule has 0 saturated carbocycles. The van der Waals surface area contributed by atoms with E-state index >= 15 is 0 Å². The molecule has 66 valence electrons. The fraction of sp³-hybridized carbons (Fsp3) is 0.333. The van der Waals surface area contributed by atoms with Crippen LogP contribution in [-0.4, -0.2) is 16.2 Å². The Hall–Kier alpha value is -1.46. The fourth-order valence-electron chi connectivity index (χ4n) is 0.583. The van der Waals surface area contributed by atoms with Crippen LogP contribution >= 0.6 is 0 Å². The average molecular weight is 177 g/mol. The van der Waals surface area contributed by atoms with Crippen LogP contribution in [0, 0.1) is 0 Å². The van der Waals surface area contributed by atoms with E-state index in [2.05, 4.69) is 9.68 Å². The molecule has 12 heavy (non-hydrogen) atoms. The van der Waals surface area contributed by atoms with Crippen LogP contribution in [0.1, 0.15) is 23.2 Å². The summed E-state index contributed by atoms with van der Waals surface area (Å²) in [7, 11) is 0. The van der Waals surface area contributed by atoms with Crippen LogP contribution in [0.15, 0.2) is 10.6 Å². The Morgan fingerprint density at radius 1 is 1.75 bits per heavy atom. The molecule has 0 aliphatic heterocycles. The first-order valence-corrected chi connectivity index (χ1v) is 2.99. The molecule has 0 unspecified atom stereocenters. The monoisotopic (exact) mass is 177 g/mol. The summed E-state index contributed by atoms with van der Waals surface area (Å²) < 4.78 is 28.9. The lowest BCUT2D eigenvalue weighted by Gasteiger charge is -2.02. The smallest absolute Gasteiger partial charge is 0.358 e. The zero-order valence-electron chi connectivity index (χ0n) is 6.04. The first kappa shape index (κ1) is 8.63. The second kappa shape index (κ2) is 2.54. The Morgan fingerprint density at radius 3 is 2.58 bits per heavy atom. The molecule has 1 aromatic heterocycles. The van der Waals surface area contributed by atoms with Crippen molar-refractivity contribution < 1.29 is 23.2 Å². The van der Waals surface area contributed by atoms with Gasteiger partial charge in [-0.2, -0.15) is 8.78 Å². The number of aromatic carboxylic acids is 1. The van der Waals surface area contributed by atoms with Crippen molar-refractivity contribution >= 4 is 5.97 Å². The van der Waals surface area contributed by atoms with Crippen LogP contribution in [0.4, 0.5) is 8.78 Å². The highest BCUT2D eigenvalue weighted by atomic mass is 19.3. The maximum atomic E-state index is 12.4. The molecule has 0 saturated heterocycles. The van der Waals surface area contributed by atoms with E-state index in [1.54, 1.807) is 0 Å². The van der Waals surface area contributed by atoms with Crippen molar-refractivity contribution in [3.63, 3.8) is 0 Å². The maximum Gasteiger partial charge on any atom is 0.358 e. The maximum absolute atomic E-state index is 12.4. The minimum atomic E-state index is -3.19. The molecule has 6 heteroatoms. The van der Waals surface area contributed by atoms with Crippen molar-refractivity contribution in [3.8, 4) is 0 Å². The molecule has 0 bridgehead atoms. The first-order valence-electron chi connectivity index (χ1n) is 2.99. The third-order valence-corrected chi connectivity index (χ3v) is 1.16. The van der Waals surface area contributed by atoms with Gasteiger partial charge in [-0.15, -0.1) is 0 Å². The van der Waals surface area contributed by atoms with Crippen molar-refractivity contribution in [2.75, 3.05) is 0 Å². The molecule has 0 atom stereocenters. The van der Waals surface area contributed by atoms with Crippen molar-refractivity contribution in [2.45, 2.75) is 12.8 Å². The van der Waals surface area contributed by atoms with Crippen LogP contribution in [0.25, 0.3) is 0 Å². The molecule has 0 spiro atoms. The quantitative estimate of drug-likeness (QED) is 0.743. The van der Waals surface area contributed by atoms with E-state index in [0.29, 0.717) is 13.0 Å². The Kier molecular flexibility index (Phi) is 1.83. The van der Waals surface area contributed by atoms with E-state index in [0.717, 1.165) is 0 Å². The predicted octanol–water partition coefficient (Wildman–Crippen LogP) is 1.48. The molecular formula is C6H5F2NO3. The Labute approximate surface area is 65.8 Å². The zero-order valence-corrected chi connectivity index (χ0v) is 6.04. The number of nitrogens with zero attached hydrogens (tertiary/aromatic N) is 1. The van der Waals surface area contributed by atoms with E-state index in [1.165, 1.54) is 0 Å². The molecule has 0 aliphatic carbocycles. The summed E-state index contributed by atoms with van der Waals surface area (Å²) in [5.41, 5.74) is -0.522. The van der Waals surface area contributed by atoms with Gasteiger partial charge in [0.05, 0.1) is 0 Å². The van der Waals surface area contributed by atoms with Crippen molar-refractivity contribution in [3.05, 3.63) is 17.5 Å². The molecule has 1 rings (SSSR count). The standard InChI is InChI=1S/C6H5F2NO3/c1-6(7,8)4-2-3(5(10)11)9-12-4/h2H,1H3,(H,10,11). The normalized spacial score (nSPS) is 11.6. The van der Waals surface area contributed by atoms with Gasteiger partial charge in [0.1, 0.15) is 0 Å². The van der Waals surface area contributed by atoms with Gasteiger partial charge in [0.15, 0.2) is 5.69 Å². The SMILES string of the molecule is CC(F)(F)c1cc(C(=O)O)no1. The summed E-state index contributed by atoms with van der Waals surface area (Å²) in [5.74, 6) is -5.34. The summed E-state index contributed by atoms with van der Waals surface area (Å²) in [6.45, 7) is 0.596. The van der Waals surface area contributed by atoms with Gasteiger partial charge >= 0.3 is 11.9 Å². The zero-order chi connectivity index (χ0) is 9.35. The number of halogens is 2. The second-order valence-corrected chi connectivity index (χ2v) is 2.27. The van der Waals surface area contributed by atoms with Crippen LogP contribution in [0.3, 0.4) is 0 Å². The Morgan fingerprint density at radius 2 is 2.33 bits per heavy atom. The van der Waals surface area contributed by atoms with Crippen molar-refractivity contribution in [1.29, 1.82) is 0 Å². The third kappa shape index (κ3) is 1.58. The van der Waals surface area contributed by atoms with E-state index in [4.69, 9.17) is 5.11 Å². The number of carboxylic acid groups (broad SMARTS) is 1. The van der Waals surface area contributed by atoms with E-state index < -0.39 is 23.3 Å². The molecule has 0 amide bonds.